The number of carbonyl (C=O) groups is 1. The number of carbonyl (C=O) groups excluding carboxylic acids is 1. The monoisotopic (exact) mass is 342 g/mol. The Morgan fingerprint density at radius 2 is 2.12 bits per heavy atom. The Bertz CT molecular complexity index is 831. The molecule has 1 aromatic heterocycles. The van der Waals surface area contributed by atoms with Gasteiger partial charge in [-0.2, -0.15) is 0 Å². The molecule has 0 bridgehead atoms. The van der Waals surface area contributed by atoms with Gasteiger partial charge in [0, 0.05) is 5.92 Å². The molecular formula is C18H18N2O5. The molecule has 7 nitrogen and oxygen atoms in total. The summed E-state index contributed by atoms with van der Waals surface area (Å²) in [6, 6.07) is 8.61. The zero-order chi connectivity index (χ0) is 17.6. The number of allylic oxidation sites excluding steroid dienone is 1. The predicted molar refractivity (Wildman–Crippen MR) is 86.7 cm³/mol. The van der Waals surface area contributed by atoms with Crippen molar-refractivity contribution >= 4 is 5.78 Å². The highest BCUT2D eigenvalue weighted by atomic mass is 16.5. The first kappa shape index (κ1) is 16.0. The van der Waals surface area contributed by atoms with Gasteiger partial charge in [-0.15, -0.1) is 0 Å². The van der Waals surface area contributed by atoms with Crippen molar-refractivity contribution in [2.75, 3.05) is 0 Å². The van der Waals surface area contributed by atoms with E-state index < -0.39 is 29.4 Å². The van der Waals surface area contributed by atoms with Crippen LogP contribution in [0.15, 0.2) is 47.0 Å². The van der Waals surface area contributed by atoms with Crippen LogP contribution >= 0.6 is 0 Å². The molecule has 0 radical (unpaired) electrons. The molecule has 0 saturated carbocycles. The summed E-state index contributed by atoms with van der Waals surface area (Å²) in [6.07, 6.45) is 2.13. The van der Waals surface area contributed by atoms with E-state index in [9.17, 15) is 15.0 Å². The van der Waals surface area contributed by atoms with Crippen LogP contribution < -0.4 is 10.5 Å². The smallest absolute Gasteiger partial charge is 0.265 e. The number of ether oxygens (including phenoxy) is 1. The van der Waals surface area contributed by atoms with Crippen molar-refractivity contribution < 1.29 is 24.3 Å². The number of rotatable bonds is 3. The van der Waals surface area contributed by atoms with E-state index in [4.69, 9.17) is 15.0 Å². The summed E-state index contributed by atoms with van der Waals surface area (Å²) in [6.45, 7) is 0.187. The van der Waals surface area contributed by atoms with Crippen molar-refractivity contribution in [3.8, 4) is 5.88 Å². The first-order chi connectivity index (χ1) is 12.0. The summed E-state index contributed by atoms with van der Waals surface area (Å²) >= 11 is 0. The molecule has 130 valence electrons. The number of aliphatic hydroxyl groups is 2. The van der Waals surface area contributed by atoms with Crippen LogP contribution in [0.4, 0.5) is 0 Å². The minimum absolute atomic E-state index is 0.0107. The van der Waals surface area contributed by atoms with E-state index in [1.165, 1.54) is 6.08 Å². The topological polar surface area (TPSA) is 119 Å². The van der Waals surface area contributed by atoms with Crippen LogP contribution in [0, 0.1) is 5.92 Å². The highest BCUT2D eigenvalue weighted by Gasteiger charge is 2.59. The molecule has 25 heavy (non-hydrogen) atoms. The molecule has 2 aliphatic rings. The number of fused-ring (bicyclic) bond motifs is 2. The number of nitrogens with two attached hydrogens (primary N) is 1. The van der Waals surface area contributed by atoms with Crippen molar-refractivity contribution in [2.45, 2.75) is 30.8 Å². The fourth-order valence-electron chi connectivity index (χ4n) is 3.55. The van der Waals surface area contributed by atoms with Gasteiger partial charge in [0.2, 0.25) is 5.78 Å². The standard InChI is InChI=1S/C18H18N2O5/c19-14-11-7-4-8-12(21)18(11,23)16(22)13-15(14)25-20-17(13)24-9-10-5-2-1-3-6-10/h1-6,8,11-12,14,21,23H,7,9,19H2/t11-,12+,14-,18-/m0/s1. The second-order valence-electron chi connectivity index (χ2n) is 6.40. The minimum Gasteiger partial charge on any atom is -0.470 e. The van der Waals surface area contributed by atoms with Gasteiger partial charge in [0.15, 0.2) is 11.4 Å². The van der Waals surface area contributed by atoms with Crippen molar-refractivity contribution in [1.29, 1.82) is 0 Å². The Hall–Kier alpha value is -2.48. The first-order valence-corrected chi connectivity index (χ1v) is 8.07. The molecule has 0 saturated heterocycles. The Kier molecular flexibility index (Phi) is 3.72. The molecule has 0 amide bonds. The number of aliphatic hydroxyl groups excluding tert-OH is 1. The van der Waals surface area contributed by atoms with Gasteiger partial charge in [-0.1, -0.05) is 42.5 Å². The van der Waals surface area contributed by atoms with Crippen molar-refractivity contribution in [3.63, 3.8) is 0 Å². The number of aromatic nitrogens is 1. The van der Waals surface area contributed by atoms with Crippen molar-refractivity contribution in [2.24, 2.45) is 11.7 Å². The second-order valence-corrected chi connectivity index (χ2v) is 6.40. The molecule has 4 N–H and O–H groups in total. The average molecular weight is 342 g/mol. The summed E-state index contributed by atoms with van der Waals surface area (Å²) in [5.41, 5.74) is 5.09. The second kappa shape index (κ2) is 5.80. The Labute approximate surface area is 143 Å². The summed E-state index contributed by atoms with van der Waals surface area (Å²) in [4.78, 5) is 12.9. The molecule has 0 unspecified atom stereocenters. The fourth-order valence-corrected chi connectivity index (χ4v) is 3.55. The lowest BCUT2D eigenvalue weighted by molar-refractivity contribution is -0.0828. The molecule has 0 aliphatic heterocycles. The summed E-state index contributed by atoms with van der Waals surface area (Å²) in [7, 11) is 0. The third-order valence-electron chi connectivity index (χ3n) is 4.96. The lowest BCUT2D eigenvalue weighted by atomic mass is 9.65. The maximum Gasteiger partial charge on any atom is 0.265 e. The van der Waals surface area contributed by atoms with Crippen molar-refractivity contribution in [1.82, 2.24) is 5.16 Å². The molecule has 2 aliphatic carbocycles. The summed E-state index contributed by atoms with van der Waals surface area (Å²) in [5.74, 6) is -1.18. The molecule has 0 fully saturated rings. The van der Waals surface area contributed by atoms with Gasteiger partial charge in [-0.05, 0) is 17.1 Å². The van der Waals surface area contributed by atoms with Gasteiger partial charge >= 0.3 is 0 Å². The average Bonchev–Trinajstić information content (AvgIpc) is 3.05. The zero-order valence-corrected chi connectivity index (χ0v) is 13.3. The number of Topliss-reactive ketones (excluding diaryl/α,β-unsaturated/α-hetero) is 1. The minimum atomic E-state index is -2.00. The lowest BCUT2D eigenvalue weighted by Crippen LogP contribution is -2.61. The van der Waals surface area contributed by atoms with Crippen LogP contribution in [0.5, 0.6) is 5.88 Å². The van der Waals surface area contributed by atoms with Gasteiger partial charge in [0.1, 0.15) is 18.3 Å². The van der Waals surface area contributed by atoms with Crippen LogP contribution in [0.1, 0.15) is 34.1 Å². The maximum atomic E-state index is 12.9. The number of hydrogen-bond acceptors (Lipinski definition) is 7. The first-order valence-electron chi connectivity index (χ1n) is 8.07. The van der Waals surface area contributed by atoms with E-state index >= 15 is 0 Å². The molecule has 0 spiro atoms. The molecule has 4 atom stereocenters. The zero-order valence-electron chi connectivity index (χ0n) is 13.3. The summed E-state index contributed by atoms with van der Waals surface area (Å²) < 4.78 is 10.9. The van der Waals surface area contributed by atoms with Crippen LogP contribution in [0.25, 0.3) is 0 Å². The molecule has 7 heteroatoms. The van der Waals surface area contributed by atoms with Crippen LogP contribution in [0.2, 0.25) is 0 Å². The number of benzene rings is 1. The Morgan fingerprint density at radius 3 is 2.88 bits per heavy atom. The Morgan fingerprint density at radius 1 is 1.36 bits per heavy atom. The molecule has 4 rings (SSSR count). The van der Waals surface area contributed by atoms with E-state index in [1.807, 2.05) is 30.3 Å². The third kappa shape index (κ3) is 2.31. The van der Waals surface area contributed by atoms with Crippen LogP contribution in [0.3, 0.4) is 0 Å². The van der Waals surface area contributed by atoms with E-state index in [2.05, 4.69) is 5.16 Å². The van der Waals surface area contributed by atoms with Gasteiger partial charge in [0.25, 0.3) is 5.88 Å². The quantitative estimate of drug-likeness (QED) is 0.715. The highest BCUT2D eigenvalue weighted by molar-refractivity contribution is 6.07. The fraction of sp³-hybridized carbons (Fsp3) is 0.333. The Balaban J connectivity index is 1.69. The summed E-state index contributed by atoms with van der Waals surface area (Å²) in [5, 5.41) is 24.9. The largest absolute Gasteiger partial charge is 0.470 e. The third-order valence-corrected chi connectivity index (χ3v) is 4.96. The number of nitrogens with zero attached hydrogens (tertiary/aromatic N) is 1. The number of ketones is 1. The SMILES string of the molecule is N[C@@H]1c2onc(OCc3ccccc3)c2C(=O)[C@@]2(O)[C@H](O)C=CC[C@@H]12. The molecule has 2 aromatic rings. The molecular weight excluding hydrogens is 324 g/mol. The maximum absolute atomic E-state index is 12.9. The number of hydrogen-bond donors (Lipinski definition) is 3. The van der Waals surface area contributed by atoms with E-state index in [0.29, 0.717) is 6.42 Å². The predicted octanol–water partition coefficient (Wildman–Crippen LogP) is 1.12. The van der Waals surface area contributed by atoms with Crippen LogP contribution in [-0.4, -0.2) is 32.9 Å². The van der Waals surface area contributed by atoms with Gasteiger partial charge in [-0.25, -0.2) is 0 Å². The van der Waals surface area contributed by atoms with Gasteiger partial charge in [-0.3, -0.25) is 4.79 Å². The van der Waals surface area contributed by atoms with Gasteiger partial charge in [0.05, 0.1) is 6.04 Å². The van der Waals surface area contributed by atoms with Gasteiger partial charge < -0.3 is 25.2 Å². The van der Waals surface area contributed by atoms with E-state index in [1.54, 1.807) is 6.08 Å². The lowest BCUT2D eigenvalue weighted by Gasteiger charge is -2.44. The van der Waals surface area contributed by atoms with Crippen molar-refractivity contribution in [3.05, 3.63) is 59.4 Å². The van der Waals surface area contributed by atoms with Crippen LogP contribution in [-0.2, 0) is 6.61 Å². The van der Waals surface area contributed by atoms with E-state index in [0.717, 1.165) is 5.56 Å². The normalized spacial score (nSPS) is 30.7. The molecule has 1 aromatic carbocycles. The van der Waals surface area contributed by atoms with E-state index in [-0.39, 0.29) is 23.8 Å². The molecule has 1 heterocycles. The highest BCUT2D eigenvalue weighted by Crippen LogP contribution is 2.47.